The van der Waals surface area contributed by atoms with Crippen LogP contribution in [-0.2, 0) is 17.4 Å². The molecular formula is C13H11N3O3. The summed E-state index contributed by atoms with van der Waals surface area (Å²) in [5, 5.41) is 28.6. The van der Waals surface area contributed by atoms with Crippen molar-refractivity contribution >= 4 is 5.97 Å². The molecule has 1 aromatic carbocycles. The van der Waals surface area contributed by atoms with E-state index in [2.05, 4.69) is 4.98 Å². The minimum Gasteiger partial charge on any atom is -0.479 e. The first kappa shape index (κ1) is 12.8. The summed E-state index contributed by atoms with van der Waals surface area (Å²) in [5.41, 5.74) is -1.49. The SMILES string of the molecule is Cn1cncc1C(O)(C(=O)O)c1ccc(C#N)cc1. The molecule has 6 nitrogen and oxygen atoms in total. The third-order valence-electron chi connectivity index (χ3n) is 2.93. The molecule has 0 saturated carbocycles. The summed E-state index contributed by atoms with van der Waals surface area (Å²) in [7, 11) is 1.60. The second-order valence-electron chi connectivity index (χ2n) is 4.09. The zero-order valence-corrected chi connectivity index (χ0v) is 10.1. The fraction of sp³-hybridized carbons (Fsp3) is 0.154. The molecule has 1 heterocycles. The summed E-state index contributed by atoms with van der Waals surface area (Å²) in [6.45, 7) is 0. The molecule has 19 heavy (non-hydrogen) atoms. The fourth-order valence-corrected chi connectivity index (χ4v) is 1.87. The van der Waals surface area contributed by atoms with E-state index in [1.807, 2.05) is 6.07 Å². The molecule has 0 bridgehead atoms. The summed E-state index contributed by atoms with van der Waals surface area (Å²) in [6.07, 6.45) is 2.71. The zero-order valence-electron chi connectivity index (χ0n) is 10.1. The summed E-state index contributed by atoms with van der Waals surface area (Å²) < 4.78 is 1.44. The van der Waals surface area contributed by atoms with Crippen molar-refractivity contribution in [3.8, 4) is 6.07 Å². The number of nitriles is 1. The highest BCUT2D eigenvalue weighted by Crippen LogP contribution is 2.29. The molecule has 2 N–H and O–H groups in total. The first-order chi connectivity index (χ1) is 9.00. The van der Waals surface area contributed by atoms with Crippen molar-refractivity contribution in [3.63, 3.8) is 0 Å². The second-order valence-corrected chi connectivity index (χ2v) is 4.09. The molecule has 0 amide bonds. The van der Waals surface area contributed by atoms with E-state index < -0.39 is 11.6 Å². The number of aryl methyl sites for hydroxylation is 1. The molecule has 0 aliphatic rings. The highest BCUT2D eigenvalue weighted by Gasteiger charge is 2.42. The summed E-state index contributed by atoms with van der Waals surface area (Å²) in [6, 6.07) is 7.68. The lowest BCUT2D eigenvalue weighted by molar-refractivity contribution is -0.155. The van der Waals surface area contributed by atoms with Gasteiger partial charge in [-0.05, 0) is 12.1 Å². The molecule has 6 heteroatoms. The molecule has 2 rings (SSSR count). The van der Waals surface area contributed by atoms with Crippen LogP contribution < -0.4 is 0 Å². The van der Waals surface area contributed by atoms with E-state index in [1.54, 1.807) is 7.05 Å². The lowest BCUT2D eigenvalue weighted by Crippen LogP contribution is -2.38. The first-order valence-corrected chi connectivity index (χ1v) is 5.43. The fourth-order valence-electron chi connectivity index (χ4n) is 1.87. The second kappa shape index (κ2) is 4.55. The van der Waals surface area contributed by atoms with Crippen LogP contribution in [0, 0.1) is 11.3 Å². The number of aliphatic carboxylic acids is 1. The van der Waals surface area contributed by atoms with Crippen LogP contribution in [0.25, 0.3) is 0 Å². The predicted molar refractivity (Wildman–Crippen MR) is 65.0 cm³/mol. The van der Waals surface area contributed by atoms with E-state index in [9.17, 15) is 15.0 Å². The van der Waals surface area contributed by atoms with Gasteiger partial charge < -0.3 is 14.8 Å². The van der Waals surface area contributed by atoms with Gasteiger partial charge in [0.2, 0.25) is 5.60 Å². The van der Waals surface area contributed by atoms with Gasteiger partial charge in [-0.15, -0.1) is 0 Å². The van der Waals surface area contributed by atoms with Gasteiger partial charge in [-0.25, -0.2) is 9.78 Å². The van der Waals surface area contributed by atoms with Crippen LogP contribution in [0.1, 0.15) is 16.8 Å². The van der Waals surface area contributed by atoms with Gasteiger partial charge in [0.25, 0.3) is 0 Å². The van der Waals surface area contributed by atoms with Gasteiger partial charge in [-0.2, -0.15) is 5.26 Å². The monoisotopic (exact) mass is 257 g/mol. The van der Waals surface area contributed by atoms with Crippen molar-refractivity contribution < 1.29 is 15.0 Å². The Balaban J connectivity index is 2.60. The maximum absolute atomic E-state index is 11.5. The van der Waals surface area contributed by atoms with Crippen molar-refractivity contribution in [1.82, 2.24) is 9.55 Å². The van der Waals surface area contributed by atoms with Gasteiger partial charge in [0, 0.05) is 12.6 Å². The molecule has 0 saturated heterocycles. The third-order valence-corrected chi connectivity index (χ3v) is 2.93. The number of rotatable bonds is 3. The topological polar surface area (TPSA) is 99.1 Å². The molecular weight excluding hydrogens is 246 g/mol. The number of hydrogen-bond acceptors (Lipinski definition) is 4. The van der Waals surface area contributed by atoms with Crippen LogP contribution in [0.5, 0.6) is 0 Å². The Bertz CT molecular complexity index is 655. The van der Waals surface area contributed by atoms with E-state index in [-0.39, 0.29) is 11.3 Å². The number of carbonyl (C=O) groups is 1. The van der Waals surface area contributed by atoms with Crippen molar-refractivity contribution in [3.05, 3.63) is 53.6 Å². The maximum Gasteiger partial charge on any atom is 0.346 e. The zero-order chi connectivity index (χ0) is 14.0. The van der Waals surface area contributed by atoms with Crippen LogP contribution >= 0.6 is 0 Å². The van der Waals surface area contributed by atoms with Crippen molar-refractivity contribution in [2.24, 2.45) is 7.05 Å². The normalized spacial score (nSPS) is 13.5. The number of nitrogens with zero attached hydrogens (tertiary/aromatic N) is 3. The molecule has 0 fully saturated rings. The Hall–Kier alpha value is -2.65. The lowest BCUT2D eigenvalue weighted by atomic mass is 9.90. The van der Waals surface area contributed by atoms with Crippen LogP contribution in [0.3, 0.4) is 0 Å². The van der Waals surface area contributed by atoms with Crippen molar-refractivity contribution in [2.75, 3.05) is 0 Å². The van der Waals surface area contributed by atoms with Crippen LogP contribution in [0.15, 0.2) is 36.8 Å². The van der Waals surface area contributed by atoms with E-state index in [0.717, 1.165) is 0 Å². The van der Waals surface area contributed by atoms with E-state index in [4.69, 9.17) is 5.26 Å². The molecule has 0 aliphatic carbocycles. The first-order valence-electron chi connectivity index (χ1n) is 5.43. The number of hydrogen-bond donors (Lipinski definition) is 2. The standard InChI is InChI=1S/C13H11N3O3/c1-16-8-15-7-11(16)13(19,12(17)18)10-4-2-9(6-14)3-5-10/h2-5,7-8,19H,1H3,(H,17,18). The average Bonchev–Trinajstić information content (AvgIpc) is 2.84. The van der Waals surface area contributed by atoms with E-state index in [0.29, 0.717) is 5.56 Å². The number of aromatic nitrogens is 2. The Kier molecular flexibility index (Phi) is 3.07. The molecule has 1 unspecified atom stereocenters. The van der Waals surface area contributed by atoms with Crippen LogP contribution in [-0.4, -0.2) is 25.7 Å². The highest BCUT2D eigenvalue weighted by molar-refractivity contribution is 5.83. The minimum absolute atomic E-state index is 0.143. The van der Waals surface area contributed by atoms with Crippen molar-refractivity contribution in [2.45, 2.75) is 5.60 Å². The number of carboxylic acid groups (broad SMARTS) is 1. The van der Waals surface area contributed by atoms with E-state index >= 15 is 0 Å². The average molecular weight is 257 g/mol. The largest absolute Gasteiger partial charge is 0.479 e. The number of aliphatic hydroxyl groups is 1. The molecule has 96 valence electrons. The molecule has 0 radical (unpaired) electrons. The molecule has 0 aliphatic heterocycles. The Morgan fingerprint density at radius 2 is 2.05 bits per heavy atom. The van der Waals surface area contributed by atoms with Gasteiger partial charge in [0.15, 0.2) is 0 Å². The summed E-state index contributed by atoms with van der Waals surface area (Å²) >= 11 is 0. The maximum atomic E-state index is 11.5. The van der Waals surface area contributed by atoms with Crippen molar-refractivity contribution in [1.29, 1.82) is 5.26 Å². The number of carboxylic acids is 1. The number of imidazole rings is 1. The predicted octanol–water partition coefficient (Wildman–Crippen LogP) is 0.612. The molecule has 0 spiro atoms. The molecule has 2 aromatic rings. The Labute approximate surface area is 109 Å². The van der Waals surface area contributed by atoms with Crippen LogP contribution in [0.4, 0.5) is 0 Å². The molecule has 1 aromatic heterocycles. The molecule has 1 atom stereocenters. The van der Waals surface area contributed by atoms with Gasteiger partial charge in [0.1, 0.15) is 0 Å². The quantitative estimate of drug-likeness (QED) is 0.839. The minimum atomic E-state index is -2.20. The van der Waals surface area contributed by atoms with Gasteiger partial charge >= 0.3 is 5.97 Å². The lowest BCUT2D eigenvalue weighted by Gasteiger charge is -2.24. The summed E-state index contributed by atoms with van der Waals surface area (Å²) in [5.74, 6) is -1.40. The van der Waals surface area contributed by atoms with Gasteiger partial charge in [-0.1, -0.05) is 12.1 Å². The Morgan fingerprint density at radius 3 is 2.47 bits per heavy atom. The third kappa shape index (κ3) is 1.96. The Morgan fingerprint density at radius 1 is 1.42 bits per heavy atom. The van der Waals surface area contributed by atoms with Gasteiger partial charge in [-0.3, -0.25) is 0 Å². The smallest absolute Gasteiger partial charge is 0.346 e. The van der Waals surface area contributed by atoms with E-state index in [1.165, 1.54) is 41.4 Å². The van der Waals surface area contributed by atoms with Gasteiger partial charge in [0.05, 0.1) is 29.9 Å². The number of benzene rings is 1. The highest BCUT2D eigenvalue weighted by atomic mass is 16.4. The van der Waals surface area contributed by atoms with Crippen LogP contribution in [0.2, 0.25) is 0 Å². The summed E-state index contributed by atoms with van der Waals surface area (Å²) in [4.78, 5) is 15.3.